The van der Waals surface area contributed by atoms with Gasteiger partial charge in [-0.05, 0) is 37.3 Å². The highest BCUT2D eigenvalue weighted by Gasteiger charge is 2.15. The van der Waals surface area contributed by atoms with Gasteiger partial charge in [0.2, 0.25) is 0 Å². The number of benzene rings is 2. The maximum absolute atomic E-state index is 13.1. The molecule has 130 valence electrons. The lowest BCUT2D eigenvalue weighted by Crippen LogP contribution is -2.21. The molecule has 0 aromatic heterocycles. The molecular weight excluding hydrogens is 345 g/mol. The SMILES string of the molecule is CC(=O)CSc1ccccc1C(=O)OCC(=O)Nc1cccc(F)c1. The van der Waals surface area contributed by atoms with E-state index in [0.717, 1.165) is 6.07 Å². The van der Waals surface area contributed by atoms with Crippen LogP contribution in [-0.2, 0) is 14.3 Å². The van der Waals surface area contributed by atoms with Crippen LogP contribution in [0.25, 0.3) is 0 Å². The molecular formula is C18H16FNO4S. The fourth-order valence-corrected chi connectivity index (χ4v) is 2.75. The molecule has 1 N–H and O–H groups in total. The summed E-state index contributed by atoms with van der Waals surface area (Å²) in [5.41, 5.74) is 0.561. The number of esters is 1. The van der Waals surface area contributed by atoms with Crippen molar-refractivity contribution >= 4 is 35.1 Å². The molecule has 0 saturated carbocycles. The number of rotatable bonds is 7. The fourth-order valence-electron chi connectivity index (χ4n) is 1.91. The van der Waals surface area contributed by atoms with Gasteiger partial charge >= 0.3 is 5.97 Å². The van der Waals surface area contributed by atoms with Gasteiger partial charge in [0.1, 0.15) is 11.6 Å². The van der Waals surface area contributed by atoms with Crippen molar-refractivity contribution in [2.45, 2.75) is 11.8 Å². The Morgan fingerprint density at radius 2 is 1.88 bits per heavy atom. The second-order valence-corrected chi connectivity index (χ2v) is 6.14. The van der Waals surface area contributed by atoms with Crippen molar-refractivity contribution in [1.29, 1.82) is 0 Å². The first-order valence-corrected chi connectivity index (χ1v) is 8.38. The van der Waals surface area contributed by atoms with E-state index in [9.17, 15) is 18.8 Å². The van der Waals surface area contributed by atoms with Crippen LogP contribution < -0.4 is 5.32 Å². The first-order chi connectivity index (χ1) is 12.0. The Labute approximate surface area is 148 Å². The second kappa shape index (κ2) is 8.98. The zero-order chi connectivity index (χ0) is 18.2. The molecule has 0 atom stereocenters. The maximum atomic E-state index is 13.1. The van der Waals surface area contributed by atoms with Gasteiger partial charge in [0, 0.05) is 10.6 Å². The fraction of sp³-hybridized carbons (Fsp3) is 0.167. The van der Waals surface area contributed by atoms with Crippen LogP contribution in [0.3, 0.4) is 0 Å². The van der Waals surface area contributed by atoms with Crippen LogP contribution in [0.4, 0.5) is 10.1 Å². The van der Waals surface area contributed by atoms with E-state index < -0.39 is 24.3 Å². The molecule has 0 spiro atoms. The first kappa shape index (κ1) is 18.7. The molecule has 5 nitrogen and oxygen atoms in total. The van der Waals surface area contributed by atoms with Gasteiger partial charge in [0.15, 0.2) is 6.61 Å². The highest BCUT2D eigenvalue weighted by molar-refractivity contribution is 8.00. The van der Waals surface area contributed by atoms with E-state index in [2.05, 4.69) is 5.32 Å². The highest BCUT2D eigenvalue weighted by Crippen LogP contribution is 2.23. The van der Waals surface area contributed by atoms with Gasteiger partial charge in [-0.2, -0.15) is 0 Å². The quantitative estimate of drug-likeness (QED) is 0.605. The summed E-state index contributed by atoms with van der Waals surface area (Å²) in [6.45, 7) is 0.964. The number of hydrogen-bond donors (Lipinski definition) is 1. The number of Topliss-reactive ketones (excluding diaryl/α,β-unsaturated/α-hetero) is 1. The largest absolute Gasteiger partial charge is 0.452 e. The van der Waals surface area contributed by atoms with E-state index in [4.69, 9.17) is 4.74 Å². The topological polar surface area (TPSA) is 72.5 Å². The number of nitrogens with one attached hydrogen (secondary N) is 1. The van der Waals surface area contributed by atoms with Crippen molar-refractivity contribution in [3.63, 3.8) is 0 Å². The third kappa shape index (κ3) is 6.04. The predicted octanol–water partition coefficient (Wildman–Crippen LogP) is 3.30. The molecule has 0 saturated heterocycles. The standard InChI is InChI=1S/C18H16FNO4S/c1-12(21)11-25-16-8-3-2-7-15(16)18(23)24-10-17(22)20-14-6-4-5-13(19)9-14/h2-9H,10-11H2,1H3,(H,20,22). The van der Waals surface area contributed by atoms with Crippen molar-refractivity contribution in [3.05, 3.63) is 59.9 Å². The van der Waals surface area contributed by atoms with Crippen molar-refractivity contribution < 1.29 is 23.5 Å². The molecule has 0 bridgehead atoms. The summed E-state index contributed by atoms with van der Waals surface area (Å²) < 4.78 is 18.1. The van der Waals surface area contributed by atoms with E-state index in [0.29, 0.717) is 4.90 Å². The van der Waals surface area contributed by atoms with Crippen molar-refractivity contribution in [2.24, 2.45) is 0 Å². The minimum absolute atomic E-state index is 0.0114. The molecule has 0 fully saturated rings. The van der Waals surface area contributed by atoms with Gasteiger partial charge in [-0.25, -0.2) is 9.18 Å². The molecule has 7 heteroatoms. The van der Waals surface area contributed by atoms with Crippen LogP contribution >= 0.6 is 11.8 Å². The summed E-state index contributed by atoms with van der Waals surface area (Å²) in [4.78, 5) is 35.7. The predicted molar refractivity (Wildman–Crippen MR) is 93.2 cm³/mol. The minimum Gasteiger partial charge on any atom is -0.452 e. The average molecular weight is 361 g/mol. The molecule has 0 aliphatic heterocycles. The Balaban J connectivity index is 1.93. The molecule has 0 unspecified atom stereocenters. The van der Waals surface area contributed by atoms with E-state index in [1.54, 1.807) is 24.3 Å². The zero-order valence-electron chi connectivity index (χ0n) is 13.5. The Bertz CT molecular complexity index is 794. The van der Waals surface area contributed by atoms with E-state index in [1.807, 2.05) is 0 Å². The number of anilines is 1. The molecule has 2 aromatic carbocycles. The lowest BCUT2D eigenvalue weighted by Gasteiger charge is -2.09. The van der Waals surface area contributed by atoms with Crippen LogP contribution in [0.1, 0.15) is 17.3 Å². The zero-order valence-corrected chi connectivity index (χ0v) is 14.3. The minimum atomic E-state index is -0.666. The Hall–Kier alpha value is -2.67. The smallest absolute Gasteiger partial charge is 0.339 e. The summed E-state index contributed by atoms with van der Waals surface area (Å²) in [7, 11) is 0. The van der Waals surface area contributed by atoms with Crippen LogP contribution in [0.5, 0.6) is 0 Å². The number of carbonyl (C=O) groups is 3. The summed E-state index contributed by atoms with van der Waals surface area (Å²) in [5.74, 6) is -1.49. The van der Waals surface area contributed by atoms with Gasteiger partial charge in [-0.1, -0.05) is 18.2 Å². The normalized spacial score (nSPS) is 10.2. The summed E-state index contributed by atoms with van der Waals surface area (Å²) in [6, 6.07) is 12.1. The summed E-state index contributed by atoms with van der Waals surface area (Å²) in [5, 5.41) is 2.44. The number of halogens is 1. The van der Waals surface area contributed by atoms with Gasteiger partial charge in [-0.3, -0.25) is 9.59 Å². The number of amides is 1. The van der Waals surface area contributed by atoms with E-state index in [1.165, 1.54) is 36.9 Å². The number of ether oxygens (including phenoxy) is 1. The molecule has 0 aliphatic carbocycles. The lowest BCUT2D eigenvalue weighted by atomic mass is 10.2. The number of thioether (sulfide) groups is 1. The van der Waals surface area contributed by atoms with Gasteiger partial charge in [0.05, 0.1) is 11.3 Å². The number of hydrogen-bond acceptors (Lipinski definition) is 5. The highest BCUT2D eigenvalue weighted by atomic mass is 32.2. The Morgan fingerprint density at radius 1 is 1.12 bits per heavy atom. The van der Waals surface area contributed by atoms with Crippen LogP contribution in [0.15, 0.2) is 53.4 Å². The molecule has 2 rings (SSSR count). The average Bonchev–Trinajstić information content (AvgIpc) is 2.58. The van der Waals surface area contributed by atoms with Gasteiger partial charge in [0.25, 0.3) is 5.91 Å². The molecule has 0 aliphatic rings. The first-order valence-electron chi connectivity index (χ1n) is 7.39. The maximum Gasteiger partial charge on any atom is 0.339 e. The Kier molecular flexibility index (Phi) is 6.71. The monoisotopic (exact) mass is 361 g/mol. The third-order valence-electron chi connectivity index (χ3n) is 2.98. The lowest BCUT2D eigenvalue weighted by molar-refractivity contribution is -0.119. The van der Waals surface area contributed by atoms with Gasteiger partial charge < -0.3 is 10.1 Å². The molecule has 2 aromatic rings. The van der Waals surface area contributed by atoms with Gasteiger partial charge in [-0.15, -0.1) is 11.8 Å². The van der Waals surface area contributed by atoms with E-state index in [-0.39, 0.29) is 22.8 Å². The van der Waals surface area contributed by atoms with Crippen LogP contribution in [-0.4, -0.2) is 30.0 Å². The molecule has 0 heterocycles. The molecule has 0 radical (unpaired) electrons. The summed E-state index contributed by atoms with van der Waals surface area (Å²) in [6.07, 6.45) is 0. The van der Waals surface area contributed by atoms with E-state index >= 15 is 0 Å². The van der Waals surface area contributed by atoms with Crippen molar-refractivity contribution in [1.82, 2.24) is 0 Å². The van der Waals surface area contributed by atoms with Crippen LogP contribution in [0.2, 0.25) is 0 Å². The van der Waals surface area contributed by atoms with Crippen molar-refractivity contribution in [3.8, 4) is 0 Å². The molecule has 1 amide bonds. The summed E-state index contributed by atoms with van der Waals surface area (Å²) >= 11 is 1.23. The molecule has 25 heavy (non-hydrogen) atoms. The second-order valence-electron chi connectivity index (χ2n) is 5.12. The van der Waals surface area contributed by atoms with Crippen molar-refractivity contribution in [2.75, 3.05) is 17.7 Å². The Morgan fingerprint density at radius 3 is 2.60 bits per heavy atom. The van der Waals surface area contributed by atoms with Crippen LogP contribution in [0, 0.1) is 5.82 Å². The number of carbonyl (C=O) groups excluding carboxylic acids is 3. The number of ketones is 1. The third-order valence-corrected chi connectivity index (χ3v) is 4.20.